The lowest BCUT2D eigenvalue weighted by atomic mass is 10.1. The minimum absolute atomic E-state index is 0.165. The van der Waals surface area contributed by atoms with E-state index in [4.69, 9.17) is 4.74 Å². The van der Waals surface area contributed by atoms with E-state index in [1.54, 1.807) is 6.92 Å². The van der Waals surface area contributed by atoms with Crippen LogP contribution in [0, 0.1) is 6.92 Å². The summed E-state index contributed by atoms with van der Waals surface area (Å²) in [5.74, 6) is 0.508. The zero-order valence-corrected chi connectivity index (χ0v) is 14.4. The third kappa shape index (κ3) is 4.27. The van der Waals surface area contributed by atoms with Gasteiger partial charge in [0.05, 0.1) is 0 Å². The van der Waals surface area contributed by atoms with Gasteiger partial charge in [-0.05, 0) is 48.7 Å². The lowest BCUT2D eigenvalue weighted by molar-refractivity contribution is -0.122. The maximum absolute atomic E-state index is 12.3. The van der Waals surface area contributed by atoms with E-state index in [-0.39, 0.29) is 5.91 Å². The number of benzene rings is 3. The highest BCUT2D eigenvalue weighted by molar-refractivity contribution is 5.94. The topological polar surface area (TPSA) is 38.3 Å². The Kier molecular flexibility index (Phi) is 5.14. The van der Waals surface area contributed by atoms with Crippen LogP contribution in [0.15, 0.2) is 78.9 Å². The number of ether oxygens (including phenoxy) is 1. The number of hydrogen-bond acceptors (Lipinski definition) is 2. The summed E-state index contributed by atoms with van der Waals surface area (Å²) in [6.07, 6.45) is -0.581. The van der Waals surface area contributed by atoms with Crippen LogP contribution < -0.4 is 10.1 Å². The molecule has 3 heteroatoms. The molecule has 0 aliphatic heterocycles. The van der Waals surface area contributed by atoms with Crippen molar-refractivity contribution in [2.45, 2.75) is 20.0 Å². The average molecular weight is 331 g/mol. The molecule has 3 aromatic rings. The van der Waals surface area contributed by atoms with Crippen LogP contribution >= 0.6 is 0 Å². The lowest BCUT2D eigenvalue weighted by Crippen LogP contribution is -2.30. The maximum atomic E-state index is 12.3. The molecule has 0 spiro atoms. The zero-order chi connectivity index (χ0) is 17.6. The first-order valence-electron chi connectivity index (χ1n) is 8.32. The number of rotatable bonds is 5. The number of carbonyl (C=O) groups is 1. The molecule has 0 saturated heterocycles. The molecule has 0 heterocycles. The minimum atomic E-state index is -0.581. The molecule has 1 amide bonds. The number of nitrogens with one attached hydrogen (secondary N) is 1. The average Bonchev–Trinajstić information content (AvgIpc) is 2.65. The molecule has 1 N–H and O–H groups in total. The van der Waals surface area contributed by atoms with E-state index in [0.717, 1.165) is 22.4 Å². The number of para-hydroxylation sites is 1. The van der Waals surface area contributed by atoms with Gasteiger partial charge in [-0.15, -0.1) is 0 Å². The highest BCUT2D eigenvalue weighted by atomic mass is 16.5. The molecule has 0 saturated carbocycles. The van der Waals surface area contributed by atoms with Crippen molar-refractivity contribution in [1.82, 2.24) is 0 Å². The number of aryl methyl sites for hydroxylation is 1. The Balaban J connectivity index is 1.63. The van der Waals surface area contributed by atoms with Crippen molar-refractivity contribution >= 4 is 11.6 Å². The SMILES string of the molecule is Cc1ccccc1NC(=O)C(C)Oc1ccc(-c2ccccc2)cc1. The van der Waals surface area contributed by atoms with E-state index in [9.17, 15) is 4.79 Å². The monoisotopic (exact) mass is 331 g/mol. The molecule has 3 rings (SSSR count). The summed E-state index contributed by atoms with van der Waals surface area (Å²) in [4.78, 5) is 12.3. The predicted octanol–water partition coefficient (Wildman–Crippen LogP) is 5.07. The van der Waals surface area contributed by atoms with Gasteiger partial charge in [0.25, 0.3) is 5.91 Å². The van der Waals surface area contributed by atoms with Crippen LogP contribution in [0.3, 0.4) is 0 Å². The van der Waals surface area contributed by atoms with Gasteiger partial charge in [-0.3, -0.25) is 4.79 Å². The van der Waals surface area contributed by atoms with Crippen LogP contribution in [-0.2, 0) is 4.79 Å². The second-order valence-electron chi connectivity index (χ2n) is 5.95. The maximum Gasteiger partial charge on any atom is 0.265 e. The van der Waals surface area contributed by atoms with Crippen LogP contribution in [0.4, 0.5) is 5.69 Å². The van der Waals surface area contributed by atoms with Crippen LogP contribution in [-0.4, -0.2) is 12.0 Å². The molecule has 0 bridgehead atoms. The summed E-state index contributed by atoms with van der Waals surface area (Å²) in [7, 11) is 0. The van der Waals surface area contributed by atoms with Gasteiger partial charge in [-0.1, -0.05) is 60.7 Å². The van der Waals surface area contributed by atoms with Gasteiger partial charge in [0.2, 0.25) is 0 Å². The van der Waals surface area contributed by atoms with E-state index >= 15 is 0 Å². The van der Waals surface area contributed by atoms with Gasteiger partial charge in [0.1, 0.15) is 5.75 Å². The van der Waals surface area contributed by atoms with Crippen molar-refractivity contribution in [2.24, 2.45) is 0 Å². The summed E-state index contributed by atoms with van der Waals surface area (Å²) in [5.41, 5.74) is 4.10. The molecule has 0 aliphatic carbocycles. The van der Waals surface area contributed by atoms with Crippen LogP contribution in [0.2, 0.25) is 0 Å². The van der Waals surface area contributed by atoms with Crippen LogP contribution in [0.5, 0.6) is 5.75 Å². The van der Waals surface area contributed by atoms with Crippen molar-refractivity contribution in [2.75, 3.05) is 5.32 Å². The summed E-state index contributed by atoms with van der Waals surface area (Å²) in [5, 5.41) is 2.90. The van der Waals surface area contributed by atoms with E-state index in [0.29, 0.717) is 5.75 Å². The summed E-state index contributed by atoms with van der Waals surface area (Å²) in [6.45, 7) is 3.71. The third-order valence-electron chi connectivity index (χ3n) is 4.05. The lowest BCUT2D eigenvalue weighted by Gasteiger charge is -2.16. The molecule has 3 aromatic carbocycles. The standard InChI is InChI=1S/C22H21NO2/c1-16-8-6-7-11-21(16)23-22(24)17(2)25-20-14-12-19(13-15-20)18-9-4-3-5-10-18/h3-15,17H,1-2H3,(H,23,24). The summed E-state index contributed by atoms with van der Waals surface area (Å²) >= 11 is 0. The third-order valence-corrected chi connectivity index (χ3v) is 4.05. The number of hydrogen-bond donors (Lipinski definition) is 1. The zero-order valence-electron chi connectivity index (χ0n) is 14.4. The van der Waals surface area contributed by atoms with Crippen molar-refractivity contribution < 1.29 is 9.53 Å². The van der Waals surface area contributed by atoms with Gasteiger partial charge >= 0.3 is 0 Å². The number of carbonyl (C=O) groups excluding carboxylic acids is 1. The molecule has 25 heavy (non-hydrogen) atoms. The fraction of sp³-hybridized carbons (Fsp3) is 0.136. The molecule has 1 unspecified atom stereocenters. The number of amides is 1. The Labute approximate surface area is 148 Å². The molecule has 0 aliphatic rings. The van der Waals surface area contributed by atoms with Crippen molar-refractivity contribution in [3.8, 4) is 16.9 Å². The smallest absolute Gasteiger partial charge is 0.265 e. The van der Waals surface area contributed by atoms with Crippen molar-refractivity contribution in [3.05, 3.63) is 84.4 Å². The molecule has 3 nitrogen and oxygen atoms in total. The Hall–Kier alpha value is -3.07. The van der Waals surface area contributed by atoms with Crippen molar-refractivity contribution in [3.63, 3.8) is 0 Å². The molecular formula is C22H21NO2. The van der Waals surface area contributed by atoms with Crippen LogP contribution in [0.1, 0.15) is 12.5 Å². The first-order valence-corrected chi connectivity index (χ1v) is 8.32. The van der Waals surface area contributed by atoms with Gasteiger partial charge in [-0.25, -0.2) is 0 Å². The summed E-state index contributed by atoms with van der Waals surface area (Å²) in [6, 6.07) is 25.6. The second-order valence-corrected chi connectivity index (χ2v) is 5.95. The quantitative estimate of drug-likeness (QED) is 0.709. The molecule has 0 fully saturated rings. The normalized spacial score (nSPS) is 11.6. The van der Waals surface area contributed by atoms with Gasteiger partial charge in [0, 0.05) is 5.69 Å². The van der Waals surface area contributed by atoms with Gasteiger partial charge in [0.15, 0.2) is 6.10 Å². The highest BCUT2D eigenvalue weighted by Crippen LogP contribution is 2.23. The molecule has 1 atom stereocenters. The largest absolute Gasteiger partial charge is 0.481 e. The Morgan fingerprint density at radius 3 is 2.12 bits per heavy atom. The van der Waals surface area contributed by atoms with E-state index in [1.807, 2.05) is 73.7 Å². The van der Waals surface area contributed by atoms with E-state index in [2.05, 4.69) is 17.4 Å². The minimum Gasteiger partial charge on any atom is -0.481 e. The Morgan fingerprint density at radius 1 is 0.840 bits per heavy atom. The van der Waals surface area contributed by atoms with E-state index < -0.39 is 6.10 Å². The van der Waals surface area contributed by atoms with Gasteiger partial charge in [-0.2, -0.15) is 0 Å². The fourth-order valence-electron chi connectivity index (χ4n) is 2.56. The molecular weight excluding hydrogens is 310 g/mol. The first kappa shape index (κ1) is 16.8. The second kappa shape index (κ2) is 7.67. The number of anilines is 1. The molecule has 0 aromatic heterocycles. The van der Waals surface area contributed by atoms with Gasteiger partial charge < -0.3 is 10.1 Å². The molecule has 0 radical (unpaired) electrons. The summed E-state index contributed by atoms with van der Waals surface area (Å²) < 4.78 is 5.77. The predicted molar refractivity (Wildman–Crippen MR) is 102 cm³/mol. The molecule has 126 valence electrons. The van der Waals surface area contributed by atoms with Crippen LogP contribution in [0.25, 0.3) is 11.1 Å². The Morgan fingerprint density at radius 2 is 1.44 bits per heavy atom. The first-order chi connectivity index (χ1) is 12.1. The highest BCUT2D eigenvalue weighted by Gasteiger charge is 2.15. The fourth-order valence-corrected chi connectivity index (χ4v) is 2.56. The van der Waals surface area contributed by atoms with Crippen molar-refractivity contribution in [1.29, 1.82) is 0 Å². The Bertz CT molecular complexity index is 841. The van der Waals surface area contributed by atoms with E-state index in [1.165, 1.54) is 0 Å².